The number of carbonyl (C=O) groups is 1. The molecule has 1 saturated carbocycles. The number of amidine groups is 1. The van der Waals surface area contributed by atoms with Gasteiger partial charge in [-0.25, -0.2) is 9.78 Å². The number of aromatic amines is 1. The third kappa shape index (κ3) is 3.04. The van der Waals surface area contributed by atoms with Crippen molar-refractivity contribution in [2.45, 2.75) is 57.1 Å². The minimum absolute atomic E-state index is 0.0205. The van der Waals surface area contributed by atoms with Crippen molar-refractivity contribution < 1.29 is 9.90 Å². The maximum absolute atomic E-state index is 13.2. The molecule has 0 radical (unpaired) electrons. The lowest BCUT2D eigenvalue weighted by molar-refractivity contribution is 0.0360. The number of nitrogens with one attached hydrogen (secondary N) is 1. The Morgan fingerprint density at radius 2 is 2.00 bits per heavy atom. The predicted molar refractivity (Wildman–Crippen MR) is 111 cm³/mol. The topological polar surface area (TPSA) is 84.8 Å². The highest BCUT2D eigenvalue weighted by Gasteiger charge is 2.45. The minimum Gasteiger partial charge on any atom is -0.382 e. The highest BCUT2D eigenvalue weighted by molar-refractivity contribution is 6.18. The van der Waals surface area contributed by atoms with Gasteiger partial charge in [0.05, 0.1) is 12.6 Å². The number of fused-ring (bicyclic) bond motifs is 3. The number of rotatable bonds is 5. The first-order valence-electron chi connectivity index (χ1n) is 10.6. The second-order valence-electron chi connectivity index (χ2n) is 8.36. The highest BCUT2D eigenvalue weighted by atomic mass is 16.3. The summed E-state index contributed by atoms with van der Waals surface area (Å²) in [5.74, 6) is 1.85. The van der Waals surface area contributed by atoms with Gasteiger partial charge >= 0.3 is 6.03 Å². The molecule has 152 valence electrons. The molecule has 2 aromatic rings. The fraction of sp³-hybridized carbons (Fsp3) is 0.500. The van der Waals surface area contributed by atoms with Gasteiger partial charge in [-0.3, -0.25) is 14.8 Å². The van der Waals surface area contributed by atoms with E-state index in [9.17, 15) is 9.90 Å². The molecule has 7 nitrogen and oxygen atoms in total. The van der Waals surface area contributed by atoms with E-state index in [1.54, 1.807) is 9.80 Å². The number of benzene rings is 1. The molecule has 0 spiro atoms. The molecule has 1 fully saturated rings. The summed E-state index contributed by atoms with van der Waals surface area (Å²) < 4.78 is 0. The zero-order chi connectivity index (χ0) is 20.0. The molecule has 1 aromatic heterocycles. The minimum atomic E-state index is -0.925. The number of carbonyl (C=O) groups excluding carboxylic acids is 1. The van der Waals surface area contributed by atoms with Crippen LogP contribution in [-0.2, 0) is 12.0 Å². The van der Waals surface area contributed by atoms with Crippen molar-refractivity contribution >= 4 is 17.7 Å². The van der Waals surface area contributed by atoms with Crippen LogP contribution in [0.2, 0.25) is 0 Å². The van der Waals surface area contributed by atoms with Crippen LogP contribution in [0.1, 0.15) is 56.1 Å². The predicted octanol–water partition coefficient (Wildman–Crippen LogP) is 3.19. The van der Waals surface area contributed by atoms with E-state index in [1.165, 1.54) is 5.56 Å². The Bertz CT molecular complexity index is 945. The van der Waals surface area contributed by atoms with Crippen molar-refractivity contribution in [3.8, 4) is 0 Å². The lowest BCUT2D eigenvalue weighted by atomic mass is 10.0. The number of aromatic nitrogens is 2. The van der Waals surface area contributed by atoms with Gasteiger partial charge < -0.3 is 10.1 Å². The van der Waals surface area contributed by atoms with E-state index in [1.807, 2.05) is 18.2 Å². The Balaban J connectivity index is 1.52. The van der Waals surface area contributed by atoms with Crippen LogP contribution in [-0.4, -0.2) is 51.0 Å². The summed E-state index contributed by atoms with van der Waals surface area (Å²) >= 11 is 0. The molecule has 0 bridgehead atoms. The first-order chi connectivity index (χ1) is 14.1. The molecular weight excluding hydrogens is 366 g/mol. The monoisotopic (exact) mass is 393 g/mol. The third-order valence-corrected chi connectivity index (χ3v) is 6.21. The number of H-pyrrole nitrogens is 1. The molecule has 1 aliphatic carbocycles. The first-order valence-corrected chi connectivity index (χ1v) is 10.6. The van der Waals surface area contributed by atoms with E-state index in [0.29, 0.717) is 43.4 Å². The number of hydrogen-bond donors (Lipinski definition) is 2. The third-order valence-electron chi connectivity index (χ3n) is 6.21. The van der Waals surface area contributed by atoms with Crippen molar-refractivity contribution in [3.05, 3.63) is 47.4 Å². The highest BCUT2D eigenvalue weighted by Crippen LogP contribution is 2.40. The van der Waals surface area contributed by atoms with Crippen LogP contribution < -0.4 is 4.90 Å². The summed E-state index contributed by atoms with van der Waals surface area (Å²) in [6.45, 7) is 3.22. The van der Waals surface area contributed by atoms with Gasteiger partial charge in [0.15, 0.2) is 11.7 Å². The molecule has 5 rings (SSSR count). The standard InChI is InChI=1S/C22H27N5O2/c1-2-12-26-19-17(24-20(25-19)22(29)10-6-7-11-22)18-23-16(14-27(18)21(26)28)13-15-8-4-3-5-9-15/h3-5,8-9,16,29H,2,6-7,10-14H2,1H3,(H,24,25)/t16-/m1/s1. The molecule has 2 amide bonds. The molecular formula is C22H27N5O2. The fourth-order valence-corrected chi connectivity index (χ4v) is 4.74. The van der Waals surface area contributed by atoms with E-state index < -0.39 is 5.60 Å². The molecule has 0 saturated heterocycles. The maximum Gasteiger partial charge on any atom is 0.331 e. The average molecular weight is 393 g/mol. The normalized spacial score (nSPS) is 22.6. The second-order valence-corrected chi connectivity index (χ2v) is 8.36. The van der Waals surface area contributed by atoms with Gasteiger partial charge in [-0.1, -0.05) is 37.3 Å². The van der Waals surface area contributed by atoms with Gasteiger partial charge in [0.1, 0.15) is 17.1 Å². The van der Waals surface area contributed by atoms with Crippen LogP contribution >= 0.6 is 0 Å². The molecule has 1 aromatic carbocycles. The molecule has 2 N–H and O–H groups in total. The van der Waals surface area contributed by atoms with Crippen molar-refractivity contribution in [2.75, 3.05) is 18.0 Å². The molecule has 7 heteroatoms. The number of urea groups is 1. The summed E-state index contributed by atoms with van der Waals surface area (Å²) in [6, 6.07) is 10.2. The van der Waals surface area contributed by atoms with Crippen LogP contribution in [0.15, 0.2) is 35.3 Å². The van der Waals surface area contributed by atoms with Crippen molar-refractivity contribution in [1.29, 1.82) is 0 Å². The van der Waals surface area contributed by atoms with Crippen LogP contribution in [0, 0.1) is 0 Å². The van der Waals surface area contributed by atoms with Gasteiger partial charge in [0, 0.05) is 6.54 Å². The second kappa shape index (κ2) is 6.99. The van der Waals surface area contributed by atoms with Crippen LogP contribution in [0.3, 0.4) is 0 Å². The zero-order valence-electron chi connectivity index (χ0n) is 16.8. The lowest BCUT2D eigenvalue weighted by Gasteiger charge is -2.32. The number of imidazole rings is 1. The van der Waals surface area contributed by atoms with Crippen molar-refractivity contribution in [1.82, 2.24) is 14.9 Å². The molecule has 1 atom stereocenters. The summed E-state index contributed by atoms with van der Waals surface area (Å²) in [4.78, 5) is 29.7. The van der Waals surface area contributed by atoms with E-state index in [4.69, 9.17) is 9.98 Å². The Morgan fingerprint density at radius 1 is 1.24 bits per heavy atom. The molecule has 3 aliphatic rings. The van der Waals surface area contributed by atoms with Gasteiger partial charge in [-0.05, 0) is 44.1 Å². The number of aliphatic hydroxyl groups is 1. The summed E-state index contributed by atoms with van der Waals surface area (Å²) in [5, 5.41) is 11.0. The Morgan fingerprint density at radius 3 is 2.72 bits per heavy atom. The van der Waals surface area contributed by atoms with Crippen LogP contribution in [0.4, 0.5) is 10.6 Å². The van der Waals surface area contributed by atoms with E-state index in [2.05, 4.69) is 24.0 Å². The van der Waals surface area contributed by atoms with E-state index in [-0.39, 0.29) is 12.1 Å². The van der Waals surface area contributed by atoms with E-state index >= 15 is 0 Å². The van der Waals surface area contributed by atoms with Crippen LogP contribution in [0.25, 0.3) is 0 Å². The maximum atomic E-state index is 13.2. The SMILES string of the molecule is CCCN1C(=O)N2C[C@@H](Cc3ccccc3)N=C2c2[nH]c(C3(O)CCCC3)nc21. The quantitative estimate of drug-likeness (QED) is 0.818. The number of anilines is 1. The lowest BCUT2D eigenvalue weighted by Crippen LogP contribution is -2.50. The van der Waals surface area contributed by atoms with E-state index in [0.717, 1.165) is 31.4 Å². The number of amides is 2. The first kappa shape index (κ1) is 18.4. The number of hydrogen-bond acceptors (Lipinski definition) is 4. The molecule has 3 heterocycles. The molecule has 2 aliphatic heterocycles. The van der Waals surface area contributed by atoms with Gasteiger partial charge in [0.25, 0.3) is 0 Å². The number of aliphatic imine (C=N–C) groups is 1. The van der Waals surface area contributed by atoms with Gasteiger partial charge in [0.2, 0.25) is 0 Å². The smallest absolute Gasteiger partial charge is 0.331 e. The largest absolute Gasteiger partial charge is 0.382 e. The molecule has 29 heavy (non-hydrogen) atoms. The Kier molecular flexibility index (Phi) is 4.42. The summed E-state index contributed by atoms with van der Waals surface area (Å²) in [7, 11) is 0. The summed E-state index contributed by atoms with van der Waals surface area (Å²) in [5.41, 5.74) is 1.06. The van der Waals surface area contributed by atoms with Crippen molar-refractivity contribution in [2.24, 2.45) is 4.99 Å². The summed E-state index contributed by atoms with van der Waals surface area (Å²) in [6.07, 6.45) is 5.02. The fourth-order valence-electron chi connectivity index (χ4n) is 4.74. The van der Waals surface area contributed by atoms with Crippen molar-refractivity contribution in [3.63, 3.8) is 0 Å². The Labute approximate surface area is 170 Å². The Hall–Kier alpha value is -2.67. The average Bonchev–Trinajstić information content (AvgIpc) is 3.44. The molecule has 0 unspecified atom stereocenters. The van der Waals surface area contributed by atoms with Gasteiger partial charge in [-0.2, -0.15) is 0 Å². The number of nitrogens with zero attached hydrogens (tertiary/aromatic N) is 4. The van der Waals surface area contributed by atoms with Gasteiger partial charge in [-0.15, -0.1) is 0 Å². The van der Waals surface area contributed by atoms with Crippen LogP contribution in [0.5, 0.6) is 0 Å². The zero-order valence-corrected chi connectivity index (χ0v) is 16.8.